The molecule has 0 saturated heterocycles. The van der Waals surface area contributed by atoms with Gasteiger partial charge < -0.3 is 0 Å². The molecule has 0 aliphatic carbocycles. The molecule has 0 heterocycles. The van der Waals surface area contributed by atoms with Gasteiger partial charge in [0.25, 0.3) is 0 Å². The van der Waals surface area contributed by atoms with E-state index in [1.54, 1.807) is 0 Å². The summed E-state index contributed by atoms with van der Waals surface area (Å²) >= 11 is 0. The first-order valence-corrected chi connectivity index (χ1v) is 13.3. The molecule has 0 amide bonds. The molecule has 0 aliphatic rings. The van der Waals surface area contributed by atoms with Crippen molar-refractivity contribution in [3.63, 3.8) is 0 Å². The number of rotatable bonds is 3. The summed E-state index contributed by atoms with van der Waals surface area (Å²) in [5.74, 6) is 0. The van der Waals surface area contributed by atoms with E-state index in [4.69, 9.17) is 0 Å². The highest BCUT2D eigenvalue weighted by Gasteiger charge is 2.17. The summed E-state index contributed by atoms with van der Waals surface area (Å²) in [6.07, 6.45) is 0. The van der Waals surface area contributed by atoms with E-state index in [1.807, 2.05) is 0 Å². The molecule has 0 nitrogen and oxygen atoms in total. The van der Waals surface area contributed by atoms with E-state index in [9.17, 15) is 0 Å². The molecule has 0 bridgehead atoms. The summed E-state index contributed by atoms with van der Waals surface area (Å²) in [7, 11) is 0. The third kappa shape index (κ3) is 3.61. The fourth-order valence-corrected chi connectivity index (χ4v) is 6.04. The van der Waals surface area contributed by atoms with Crippen LogP contribution in [0, 0.1) is 13.8 Å². The highest BCUT2D eigenvalue weighted by atomic mass is 14.2. The molecule has 180 valence electrons. The standard InChI is InChI=1S/C38H28/c1-25-11-3-6-14-31(25)36-24-30(20-19-26(36)2)38-34-17-9-7-15-32(34)37(33-16-8-10-18-35(33)38)29-22-21-27-12-4-5-13-28(27)23-29/h3-24H,1-2H3. The molecular formula is C38H28. The fourth-order valence-electron chi connectivity index (χ4n) is 6.04. The lowest BCUT2D eigenvalue weighted by Crippen LogP contribution is -1.93. The number of benzene rings is 7. The van der Waals surface area contributed by atoms with Gasteiger partial charge in [-0.3, -0.25) is 0 Å². The van der Waals surface area contributed by atoms with Crippen molar-refractivity contribution in [1.82, 2.24) is 0 Å². The molecule has 0 unspecified atom stereocenters. The van der Waals surface area contributed by atoms with Gasteiger partial charge in [-0.05, 0) is 103 Å². The van der Waals surface area contributed by atoms with Crippen LogP contribution in [0.2, 0.25) is 0 Å². The Balaban J connectivity index is 1.56. The lowest BCUT2D eigenvalue weighted by atomic mass is 9.84. The highest BCUT2D eigenvalue weighted by Crippen LogP contribution is 2.45. The molecule has 0 saturated carbocycles. The number of hydrogen-bond acceptors (Lipinski definition) is 0. The zero-order chi connectivity index (χ0) is 25.6. The van der Waals surface area contributed by atoms with Gasteiger partial charge in [-0.1, -0.05) is 121 Å². The zero-order valence-corrected chi connectivity index (χ0v) is 21.7. The Bertz CT molecular complexity index is 1930. The normalized spacial score (nSPS) is 11.4. The largest absolute Gasteiger partial charge is 0.0620 e. The maximum absolute atomic E-state index is 2.39. The molecule has 0 N–H and O–H groups in total. The van der Waals surface area contributed by atoms with Crippen LogP contribution in [-0.2, 0) is 0 Å². The third-order valence-electron chi connectivity index (χ3n) is 7.93. The zero-order valence-electron chi connectivity index (χ0n) is 21.7. The average Bonchev–Trinajstić information content (AvgIpc) is 2.96. The van der Waals surface area contributed by atoms with Gasteiger partial charge in [-0.2, -0.15) is 0 Å². The summed E-state index contributed by atoms with van der Waals surface area (Å²) < 4.78 is 0. The average molecular weight is 485 g/mol. The van der Waals surface area contributed by atoms with Crippen LogP contribution in [0.4, 0.5) is 0 Å². The van der Waals surface area contributed by atoms with Gasteiger partial charge in [-0.25, -0.2) is 0 Å². The minimum atomic E-state index is 1.26. The van der Waals surface area contributed by atoms with Crippen molar-refractivity contribution < 1.29 is 0 Å². The summed E-state index contributed by atoms with van der Waals surface area (Å²) in [4.78, 5) is 0. The smallest absolute Gasteiger partial charge is 0.00262 e. The minimum absolute atomic E-state index is 1.26. The third-order valence-corrected chi connectivity index (χ3v) is 7.93. The van der Waals surface area contributed by atoms with Crippen molar-refractivity contribution in [2.45, 2.75) is 13.8 Å². The van der Waals surface area contributed by atoms with Crippen LogP contribution in [0.25, 0.3) is 65.7 Å². The van der Waals surface area contributed by atoms with Crippen LogP contribution < -0.4 is 0 Å². The predicted octanol–water partition coefficient (Wildman–Crippen LogP) is 10.8. The molecule has 0 radical (unpaired) electrons. The molecule has 0 spiro atoms. The number of aryl methyl sites for hydroxylation is 2. The Morgan fingerprint density at radius 1 is 0.342 bits per heavy atom. The molecule has 0 atom stereocenters. The van der Waals surface area contributed by atoms with E-state index >= 15 is 0 Å². The van der Waals surface area contributed by atoms with Crippen molar-refractivity contribution in [3.05, 3.63) is 145 Å². The number of fused-ring (bicyclic) bond motifs is 3. The van der Waals surface area contributed by atoms with Gasteiger partial charge in [-0.15, -0.1) is 0 Å². The maximum Gasteiger partial charge on any atom is -0.00262 e. The molecule has 38 heavy (non-hydrogen) atoms. The second kappa shape index (κ2) is 9.01. The van der Waals surface area contributed by atoms with E-state index in [-0.39, 0.29) is 0 Å². The molecular weight excluding hydrogens is 456 g/mol. The summed E-state index contributed by atoms with van der Waals surface area (Å²) in [5.41, 5.74) is 10.3. The van der Waals surface area contributed by atoms with Gasteiger partial charge in [0.1, 0.15) is 0 Å². The van der Waals surface area contributed by atoms with E-state index in [1.165, 1.54) is 76.8 Å². The summed E-state index contributed by atoms with van der Waals surface area (Å²) in [5, 5.41) is 7.68. The SMILES string of the molecule is Cc1ccccc1-c1cc(-c2c3ccccc3c(-c3ccc4ccccc4c3)c3ccccc23)ccc1C. The van der Waals surface area contributed by atoms with Crippen molar-refractivity contribution in [3.8, 4) is 33.4 Å². The Morgan fingerprint density at radius 2 is 0.816 bits per heavy atom. The maximum atomic E-state index is 2.39. The van der Waals surface area contributed by atoms with Gasteiger partial charge >= 0.3 is 0 Å². The van der Waals surface area contributed by atoms with Crippen LogP contribution in [0.5, 0.6) is 0 Å². The molecule has 7 aromatic carbocycles. The van der Waals surface area contributed by atoms with Crippen molar-refractivity contribution in [2.75, 3.05) is 0 Å². The highest BCUT2D eigenvalue weighted by molar-refractivity contribution is 6.21. The minimum Gasteiger partial charge on any atom is -0.0620 e. The van der Waals surface area contributed by atoms with Crippen LogP contribution in [-0.4, -0.2) is 0 Å². The molecule has 0 aliphatic heterocycles. The van der Waals surface area contributed by atoms with Crippen molar-refractivity contribution in [2.24, 2.45) is 0 Å². The lowest BCUT2D eigenvalue weighted by molar-refractivity contribution is 1.41. The van der Waals surface area contributed by atoms with E-state index < -0.39 is 0 Å². The van der Waals surface area contributed by atoms with E-state index in [0.717, 1.165) is 0 Å². The van der Waals surface area contributed by atoms with Gasteiger partial charge in [0, 0.05) is 0 Å². The van der Waals surface area contributed by atoms with Gasteiger partial charge in [0.05, 0.1) is 0 Å². The van der Waals surface area contributed by atoms with Crippen molar-refractivity contribution in [1.29, 1.82) is 0 Å². The van der Waals surface area contributed by atoms with Crippen LogP contribution in [0.15, 0.2) is 133 Å². The van der Waals surface area contributed by atoms with Gasteiger partial charge in [0.15, 0.2) is 0 Å². The van der Waals surface area contributed by atoms with Gasteiger partial charge in [0.2, 0.25) is 0 Å². The predicted molar refractivity (Wildman–Crippen MR) is 165 cm³/mol. The van der Waals surface area contributed by atoms with Crippen molar-refractivity contribution >= 4 is 32.3 Å². The lowest BCUT2D eigenvalue weighted by Gasteiger charge is -2.19. The Labute approximate surface area is 223 Å². The number of hydrogen-bond donors (Lipinski definition) is 0. The Morgan fingerprint density at radius 3 is 1.45 bits per heavy atom. The first-order chi connectivity index (χ1) is 18.7. The first kappa shape index (κ1) is 22.5. The Hall–Kier alpha value is -4.68. The molecule has 0 heteroatoms. The second-order valence-electron chi connectivity index (χ2n) is 10.2. The topological polar surface area (TPSA) is 0 Å². The molecule has 7 aromatic rings. The quantitative estimate of drug-likeness (QED) is 0.219. The summed E-state index contributed by atoms with van der Waals surface area (Å²) in [6.45, 7) is 4.41. The Kier molecular flexibility index (Phi) is 5.34. The molecule has 0 fully saturated rings. The molecule has 7 rings (SSSR count). The second-order valence-corrected chi connectivity index (χ2v) is 10.2. The van der Waals surface area contributed by atoms with Crippen LogP contribution >= 0.6 is 0 Å². The first-order valence-electron chi connectivity index (χ1n) is 13.3. The van der Waals surface area contributed by atoms with E-state index in [0.29, 0.717) is 0 Å². The van der Waals surface area contributed by atoms with Crippen LogP contribution in [0.1, 0.15) is 11.1 Å². The molecule has 0 aromatic heterocycles. The fraction of sp³-hybridized carbons (Fsp3) is 0.0526. The van der Waals surface area contributed by atoms with Crippen LogP contribution in [0.3, 0.4) is 0 Å². The van der Waals surface area contributed by atoms with E-state index in [2.05, 4.69) is 147 Å². The monoisotopic (exact) mass is 484 g/mol. The summed E-state index contributed by atoms with van der Waals surface area (Å²) in [6, 6.07) is 48.9.